The topological polar surface area (TPSA) is 28.2 Å². The van der Waals surface area contributed by atoms with E-state index in [0.29, 0.717) is 12.1 Å². The van der Waals surface area contributed by atoms with Crippen LogP contribution in [0.2, 0.25) is 0 Å². The molecule has 20 heavy (non-hydrogen) atoms. The molecule has 1 aliphatic heterocycles. The van der Waals surface area contributed by atoms with Gasteiger partial charge in [0.2, 0.25) is 0 Å². The van der Waals surface area contributed by atoms with Crippen LogP contribution in [0.4, 0.5) is 0 Å². The van der Waals surface area contributed by atoms with Crippen molar-refractivity contribution in [2.75, 3.05) is 0 Å². The lowest BCUT2D eigenvalue weighted by Gasteiger charge is -2.39. The first-order valence-corrected chi connectivity index (χ1v) is 7.59. The lowest BCUT2D eigenvalue weighted by atomic mass is 10.00. The van der Waals surface area contributed by atoms with E-state index >= 15 is 0 Å². The van der Waals surface area contributed by atoms with Gasteiger partial charge in [0.25, 0.3) is 0 Å². The quantitative estimate of drug-likeness (QED) is 0.924. The van der Waals surface area contributed by atoms with Crippen LogP contribution in [-0.4, -0.2) is 22.1 Å². The van der Waals surface area contributed by atoms with Crippen molar-refractivity contribution in [2.45, 2.75) is 51.7 Å². The molecule has 0 radical (unpaired) electrons. The fraction of sp³-hybridized carbons (Fsp3) is 0.471. The molecule has 0 saturated carbocycles. The van der Waals surface area contributed by atoms with Crippen molar-refractivity contribution >= 4 is 10.9 Å². The number of hydrogen-bond acceptors (Lipinski definition) is 3. The Bertz CT molecular complexity index is 571. The Balaban J connectivity index is 1.70. The molecule has 106 valence electrons. The number of rotatable bonds is 3. The number of fused-ring (bicyclic) bond motifs is 1. The molecule has 1 N–H and O–H groups in total. The molecule has 1 fully saturated rings. The Morgan fingerprint density at radius 2 is 2.00 bits per heavy atom. The molecule has 1 aromatic heterocycles. The van der Waals surface area contributed by atoms with E-state index in [2.05, 4.69) is 53.5 Å². The predicted molar refractivity (Wildman–Crippen MR) is 83.2 cm³/mol. The normalized spacial score (nSPS) is 24.1. The van der Waals surface area contributed by atoms with Crippen LogP contribution < -0.4 is 5.43 Å². The lowest BCUT2D eigenvalue weighted by molar-refractivity contribution is 0.0436. The Kier molecular flexibility index (Phi) is 3.99. The van der Waals surface area contributed by atoms with Crippen molar-refractivity contribution in [3.8, 4) is 0 Å². The fourth-order valence-electron chi connectivity index (χ4n) is 3.15. The maximum atomic E-state index is 4.37. The van der Waals surface area contributed by atoms with Gasteiger partial charge in [0.1, 0.15) is 0 Å². The molecule has 3 rings (SSSR count). The van der Waals surface area contributed by atoms with E-state index in [4.69, 9.17) is 0 Å². The van der Waals surface area contributed by atoms with Crippen LogP contribution in [-0.2, 0) is 6.54 Å². The van der Waals surface area contributed by atoms with Crippen molar-refractivity contribution < 1.29 is 0 Å². The van der Waals surface area contributed by atoms with Crippen molar-refractivity contribution in [3.05, 3.63) is 42.1 Å². The van der Waals surface area contributed by atoms with Crippen molar-refractivity contribution in [1.82, 2.24) is 15.4 Å². The van der Waals surface area contributed by atoms with Gasteiger partial charge in [0, 0.05) is 30.2 Å². The second kappa shape index (κ2) is 5.90. The summed E-state index contributed by atoms with van der Waals surface area (Å²) < 4.78 is 0. The molecule has 1 saturated heterocycles. The van der Waals surface area contributed by atoms with E-state index in [1.54, 1.807) is 0 Å². The van der Waals surface area contributed by atoms with E-state index in [0.717, 1.165) is 12.1 Å². The van der Waals surface area contributed by atoms with E-state index in [9.17, 15) is 0 Å². The van der Waals surface area contributed by atoms with Crippen LogP contribution in [0, 0.1) is 0 Å². The molecule has 0 spiro atoms. The minimum Gasteiger partial charge on any atom is -0.256 e. The fourth-order valence-corrected chi connectivity index (χ4v) is 3.15. The zero-order chi connectivity index (χ0) is 13.9. The SMILES string of the molecule is CC1CCCC(C)N1NCc1ccc2ncccc2c1. The zero-order valence-corrected chi connectivity index (χ0v) is 12.3. The smallest absolute Gasteiger partial charge is 0.0702 e. The Morgan fingerprint density at radius 1 is 1.20 bits per heavy atom. The summed E-state index contributed by atoms with van der Waals surface area (Å²) >= 11 is 0. The standard InChI is InChI=1S/C17H23N3/c1-13-5-3-6-14(2)20(13)19-12-15-8-9-17-16(11-15)7-4-10-18-17/h4,7-11,13-14,19H,3,5-6,12H2,1-2H3. The summed E-state index contributed by atoms with van der Waals surface area (Å²) in [5, 5.41) is 3.64. The first-order chi connectivity index (χ1) is 9.74. The molecular formula is C17H23N3. The number of benzene rings is 1. The highest BCUT2D eigenvalue weighted by Gasteiger charge is 2.23. The molecule has 0 aliphatic carbocycles. The van der Waals surface area contributed by atoms with Crippen LogP contribution in [0.1, 0.15) is 38.7 Å². The molecular weight excluding hydrogens is 246 g/mol. The molecule has 2 atom stereocenters. The zero-order valence-electron chi connectivity index (χ0n) is 12.3. The minimum absolute atomic E-state index is 0.626. The number of hydrazine groups is 1. The summed E-state index contributed by atoms with van der Waals surface area (Å²) in [7, 11) is 0. The predicted octanol–water partition coefficient (Wildman–Crippen LogP) is 3.50. The minimum atomic E-state index is 0.626. The van der Waals surface area contributed by atoms with Gasteiger partial charge in [-0.25, -0.2) is 5.01 Å². The van der Waals surface area contributed by atoms with E-state index in [-0.39, 0.29) is 0 Å². The van der Waals surface area contributed by atoms with E-state index in [1.165, 1.54) is 30.2 Å². The number of pyridine rings is 1. The average Bonchev–Trinajstić information content (AvgIpc) is 2.46. The molecule has 2 unspecified atom stereocenters. The van der Waals surface area contributed by atoms with E-state index in [1.807, 2.05) is 12.3 Å². The molecule has 2 aromatic rings. The van der Waals surface area contributed by atoms with Gasteiger partial charge in [0.05, 0.1) is 5.52 Å². The van der Waals surface area contributed by atoms with Crippen LogP contribution in [0.25, 0.3) is 10.9 Å². The molecule has 3 nitrogen and oxygen atoms in total. The maximum Gasteiger partial charge on any atom is 0.0702 e. The van der Waals surface area contributed by atoms with Crippen LogP contribution in [0.3, 0.4) is 0 Å². The number of nitrogens with zero attached hydrogens (tertiary/aromatic N) is 2. The summed E-state index contributed by atoms with van der Waals surface area (Å²) in [5.41, 5.74) is 6.00. The third-order valence-corrected chi connectivity index (χ3v) is 4.33. The number of hydrogen-bond donors (Lipinski definition) is 1. The highest BCUT2D eigenvalue weighted by molar-refractivity contribution is 5.78. The molecule has 3 heteroatoms. The highest BCUT2D eigenvalue weighted by atomic mass is 15.5. The van der Waals surface area contributed by atoms with Gasteiger partial charge in [-0.3, -0.25) is 10.4 Å². The van der Waals surface area contributed by atoms with Crippen molar-refractivity contribution in [2.24, 2.45) is 0 Å². The third kappa shape index (κ3) is 2.84. The summed E-state index contributed by atoms with van der Waals surface area (Å²) in [6, 6.07) is 11.9. The van der Waals surface area contributed by atoms with Gasteiger partial charge in [-0.05, 0) is 50.5 Å². The molecule has 1 aliphatic rings. The molecule has 1 aromatic carbocycles. The monoisotopic (exact) mass is 269 g/mol. The van der Waals surface area contributed by atoms with Crippen molar-refractivity contribution in [1.29, 1.82) is 0 Å². The first-order valence-electron chi connectivity index (χ1n) is 7.59. The second-order valence-corrected chi connectivity index (χ2v) is 5.90. The van der Waals surface area contributed by atoms with Crippen LogP contribution >= 0.6 is 0 Å². The van der Waals surface area contributed by atoms with Gasteiger partial charge < -0.3 is 0 Å². The summed E-state index contributed by atoms with van der Waals surface area (Å²) in [5.74, 6) is 0. The maximum absolute atomic E-state index is 4.37. The van der Waals surface area contributed by atoms with Crippen LogP contribution in [0.5, 0.6) is 0 Å². The Hall–Kier alpha value is -1.45. The lowest BCUT2D eigenvalue weighted by Crippen LogP contribution is -2.51. The largest absolute Gasteiger partial charge is 0.256 e. The third-order valence-electron chi connectivity index (χ3n) is 4.33. The van der Waals surface area contributed by atoms with E-state index < -0.39 is 0 Å². The number of piperidine rings is 1. The number of nitrogens with one attached hydrogen (secondary N) is 1. The summed E-state index contributed by atoms with van der Waals surface area (Å²) in [6.45, 7) is 5.51. The first kappa shape index (κ1) is 13.5. The Morgan fingerprint density at radius 3 is 2.80 bits per heavy atom. The second-order valence-electron chi connectivity index (χ2n) is 5.90. The number of aromatic nitrogens is 1. The Labute approximate surface area is 121 Å². The van der Waals surface area contributed by atoms with Gasteiger partial charge >= 0.3 is 0 Å². The van der Waals surface area contributed by atoms with Gasteiger partial charge in [-0.2, -0.15) is 0 Å². The summed E-state index contributed by atoms with van der Waals surface area (Å²) in [4.78, 5) is 4.37. The molecule has 0 amide bonds. The highest BCUT2D eigenvalue weighted by Crippen LogP contribution is 2.21. The van der Waals surface area contributed by atoms with Crippen molar-refractivity contribution in [3.63, 3.8) is 0 Å². The molecule has 0 bridgehead atoms. The summed E-state index contributed by atoms with van der Waals surface area (Å²) in [6.07, 6.45) is 5.78. The molecule has 2 heterocycles. The van der Waals surface area contributed by atoms with Crippen LogP contribution in [0.15, 0.2) is 36.5 Å². The van der Waals surface area contributed by atoms with Gasteiger partial charge in [-0.1, -0.05) is 18.6 Å². The average molecular weight is 269 g/mol. The van der Waals surface area contributed by atoms with Gasteiger partial charge in [-0.15, -0.1) is 0 Å². The van der Waals surface area contributed by atoms with Gasteiger partial charge in [0.15, 0.2) is 0 Å².